The van der Waals surface area contributed by atoms with Crippen LogP contribution >= 0.6 is 0 Å². The van der Waals surface area contributed by atoms with E-state index in [4.69, 9.17) is 9.47 Å². The largest absolute Gasteiger partial charge is 0.389 e. The van der Waals surface area contributed by atoms with Crippen LogP contribution in [-0.4, -0.2) is 62.2 Å². The summed E-state index contributed by atoms with van der Waals surface area (Å²) in [5.74, 6) is 0. The molecule has 118 valence electrons. The van der Waals surface area contributed by atoms with E-state index >= 15 is 0 Å². The Morgan fingerprint density at radius 3 is 2.71 bits per heavy atom. The molecule has 1 unspecified atom stereocenters. The van der Waals surface area contributed by atoms with Gasteiger partial charge in [-0.25, -0.2) is 0 Å². The highest BCUT2D eigenvalue weighted by Gasteiger charge is 2.16. The zero-order valence-electron chi connectivity index (χ0n) is 12.9. The van der Waals surface area contributed by atoms with Crippen molar-refractivity contribution in [3.8, 4) is 0 Å². The van der Waals surface area contributed by atoms with Crippen molar-refractivity contribution < 1.29 is 14.6 Å². The zero-order chi connectivity index (χ0) is 14.9. The second-order valence-electron chi connectivity index (χ2n) is 5.80. The van der Waals surface area contributed by atoms with Gasteiger partial charge in [-0.1, -0.05) is 30.3 Å². The molecule has 1 aromatic carbocycles. The molecule has 21 heavy (non-hydrogen) atoms. The average molecular weight is 293 g/mol. The molecule has 1 aliphatic heterocycles. The maximum absolute atomic E-state index is 10.0. The van der Waals surface area contributed by atoms with Crippen molar-refractivity contribution in [3.05, 3.63) is 35.9 Å². The summed E-state index contributed by atoms with van der Waals surface area (Å²) in [4.78, 5) is 2.16. The Morgan fingerprint density at radius 2 is 2.00 bits per heavy atom. The van der Waals surface area contributed by atoms with Crippen molar-refractivity contribution in [2.45, 2.75) is 31.5 Å². The summed E-state index contributed by atoms with van der Waals surface area (Å²) in [6.07, 6.45) is 2.72. The van der Waals surface area contributed by atoms with Gasteiger partial charge in [-0.3, -0.25) is 0 Å². The van der Waals surface area contributed by atoms with Gasteiger partial charge in [0.25, 0.3) is 0 Å². The lowest BCUT2D eigenvalue weighted by Gasteiger charge is -2.25. The first-order chi connectivity index (χ1) is 10.2. The Hall–Kier alpha value is -0.940. The minimum atomic E-state index is -0.423. The van der Waals surface area contributed by atoms with Crippen LogP contribution in [0.5, 0.6) is 0 Å². The summed E-state index contributed by atoms with van der Waals surface area (Å²) in [5, 5.41) is 10.0. The highest BCUT2D eigenvalue weighted by molar-refractivity contribution is 5.14. The van der Waals surface area contributed by atoms with Gasteiger partial charge in [0.15, 0.2) is 0 Å². The van der Waals surface area contributed by atoms with Crippen LogP contribution in [0.15, 0.2) is 30.3 Å². The zero-order valence-corrected chi connectivity index (χ0v) is 12.9. The molecule has 1 N–H and O–H groups in total. The van der Waals surface area contributed by atoms with E-state index in [-0.39, 0.29) is 6.10 Å². The molecule has 1 atom stereocenters. The Labute approximate surface area is 127 Å². The third-order valence-electron chi connectivity index (χ3n) is 3.84. The second kappa shape index (κ2) is 9.15. The molecule has 1 saturated heterocycles. The first-order valence-electron chi connectivity index (χ1n) is 7.84. The Bertz CT molecular complexity index is 379. The summed E-state index contributed by atoms with van der Waals surface area (Å²) in [5.41, 5.74) is 1.33. The van der Waals surface area contributed by atoms with Crippen molar-refractivity contribution in [2.24, 2.45) is 0 Å². The normalized spacial score (nSPS) is 18.0. The lowest BCUT2D eigenvalue weighted by molar-refractivity contribution is -0.0630. The minimum absolute atomic E-state index is 0.253. The van der Waals surface area contributed by atoms with Gasteiger partial charge in [0.05, 0.1) is 18.8 Å². The van der Waals surface area contributed by atoms with Crippen LogP contribution in [-0.2, 0) is 15.9 Å². The van der Waals surface area contributed by atoms with Gasteiger partial charge in [-0.2, -0.15) is 0 Å². The molecule has 4 nitrogen and oxygen atoms in total. The number of likely N-dealkylation sites (N-methyl/N-ethyl adjacent to an activating group) is 1. The van der Waals surface area contributed by atoms with Crippen LogP contribution in [0.2, 0.25) is 0 Å². The van der Waals surface area contributed by atoms with Gasteiger partial charge in [-0.15, -0.1) is 0 Å². The van der Waals surface area contributed by atoms with E-state index in [0.717, 1.165) is 39.0 Å². The van der Waals surface area contributed by atoms with Crippen LogP contribution in [0.3, 0.4) is 0 Å². The summed E-state index contributed by atoms with van der Waals surface area (Å²) in [7, 11) is 2.04. The van der Waals surface area contributed by atoms with Crippen molar-refractivity contribution in [3.63, 3.8) is 0 Å². The van der Waals surface area contributed by atoms with Crippen molar-refractivity contribution in [1.82, 2.24) is 4.90 Å². The van der Waals surface area contributed by atoms with E-state index in [2.05, 4.69) is 29.2 Å². The fourth-order valence-corrected chi connectivity index (χ4v) is 2.56. The fourth-order valence-electron chi connectivity index (χ4n) is 2.56. The molecule has 0 aromatic heterocycles. The minimum Gasteiger partial charge on any atom is -0.389 e. The third kappa shape index (κ3) is 6.57. The number of benzene rings is 1. The first-order valence-corrected chi connectivity index (χ1v) is 7.84. The number of hydrogen-bond donors (Lipinski definition) is 1. The number of ether oxygens (including phenoxy) is 2. The molecular weight excluding hydrogens is 266 g/mol. The Balaban J connectivity index is 1.59. The molecule has 1 fully saturated rings. The van der Waals surface area contributed by atoms with E-state index in [0.29, 0.717) is 13.2 Å². The molecule has 1 aromatic rings. The molecule has 0 bridgehead atoms. The molecule has 2 rings (SSSR count). The summed E-state index contributed by atoms with van der Waals surface area (Å²) >= 11 is 0. The van der Waals surface area contributed by atoms with Gasteiger partial charge in [0.2, 0.25) is 0 Å². The smallest absolute Gasteiger partial charge is 0.0900 e. The van der Waals surface area contributed by atoms with Crippen LogP contribution in [0.1, 0.15) is 18.4 Å². The van der Waals surface area contributed by atoms with Gasteiger partial charge < -0.3 is 19.5 Å². The SMILES string of the molecule is CN(CCc1ccccc1)CC(O)COC1CCOCC1. The second-order valence-corrected chi connectivity index (χ2v) is 5.80. The lowest BCUT2D eigenvalue weighted by Crippen LogP contribution is -2.35. The van der Waals surface area contributed by atoms with Crippen LogP contribution in [0.4, 0.5) is 0 Å². The average Bonchev–Trinajstić information content (AvgIpc) is 2.53. The van der Waals surface area contributed by atoms with Crippen molar-refractivity contribution >= 4 is 0 Å². The molecule has 1 heterocycles. The van der Waals surface area contributed by atoms with Gasteiger partial charge in [0, 0.05) is 26.3 Å². The fraction of sp³-hybridized carbons (Fsp3) is 0.647. The molecule has 0 amide bonds. The monoisotopic (exact) mass is 293 g/mol. The number of aliphatic hydroxyl groups excluding tert-OH is 1. The van der Waals surface area contributed by atoms with Crippen molar-refractivity contribution in [1.29, 1.82) is 0 Å². The molecule has 1 aliphatic rings. The predicted octanol–water partition coefficient (Wildman–Crippen LogP) is 1.72. The van der Waals surface area contributed by atoms with Crippen LogP contribution in [0, 0.1) is 0 Å². The van der Waals surface area contributed by atoms with Gasteiger partial charge in [-0.05, 0) is 31.9 Å². The van der Waals surface area contributed by atoms with E-state index in [1.54, 1.807) is 0 Å². The highest BCUT2D eigenvalue weighted by Crippen LogP contribution is 2.11. The molecule has 0 saturated carbocycles. The molecule has 0 spiro atoms. The van der Waals surface area contributed by atoms with Gasteiger partial charge in [0.1, 0.15) is 0 Å². The highest BCUT2D eigenvalue weighted by atomic mass is 16.5. The van der Waals surface area contributed by atoms with Crippen LogP contribution in [0.25, 0.3) is 0 Å². The predicted molar refractivity (Wildman–Crippen MR) is 83.4 cm³/mol. The summed E-state index contributed by atoms with van der Waals surface area (Å²) < 4.78 is 11.0. The van der Waals surface area contributed by atoms with Gasteiger partial charge >= 0.3 is 0 Å². The lowest BCUT2D eigenvalue weighted by atomic mass is 10.1. The maximum atomic E-state index is 10.0. The number of hydrogen-bond acceptors (Lipinski definition) is 4. The first kappa shape index (κ1) is 16.4. The molecule has 0 aliphatic carbocycles. The van der Waals surface area contributed by atoms with Crippen molar-refractivity contribution in [2.75, 3.05) is 40.0 Å². The topological polar surface area (TPSA) is 41.9 Å². The Kier molecular flexibility index (Phi) is 7.16. The van der Waals surface area contributed by atoms with Crippen LogP contribution < -0.4 is 0 Å². The van der Waals surface area contributed by atoms with E-state index in [9.17, 15) is 5.11 Å². The number of rotatable bonds is 8. The molecular formula is C17H27NO3. The summed E-state index contributed by atoms with van der Waals surface area (Å²) in [6.45, 7) is 3.56. The maximum Gasteiger partial charge on any atom is 0.0900 e. The molecule has 4 heteroatoms. The van der Waals surface area contributed by atoms with E-state index < -0.39 is 6.10 Å². The van der Waals surface area contributed by atoms with E-state index in [1.165, 1.54) is 5.56 Å². The Morgan fingerprint density at radius 1 is 1.29 bits per heavy atom. The number of nitrogens with zero attached hydrogens (tertiary/aromatic N) is 1. The summed E-state index contributed by atoms with van der Waals surface area (Å²) in [6, 6.07) is 10.4. The number of aliphatic hydroxyl groups is 1. The molecule has 0 radical (unpaired) electrons. The van der Waals surface area contributed by atoms with E-state index in [1.807, 2.05) is 13.1 Å². The quantitative estimate of drug-likeness (QED) is 0.792. The third-order valence-corrected chi connectivity index (χ3v) is 3.84. The standard InChI is InChI=1S/C17H27NO3/c1-18(10-7-15-5-3-2-4-6-15)13-16(19)14-21-17-8-11-20-12-9-17/h2-6,16-17,19H,7-14H2,1H3.